The molecule has 120 valence electrons. The minimum absolute atomic E-state index is 0.0419. The molecule has 2 aromatic rings. The highest BCUT2D eigenvalue weighted by molar-refractivity contribution is 8.15. The normalized spacial score (nSPS) is 23.0. The van der Waals surface area contributed by atoms with E-state index in [9.17, 15) is 4.79 Å². The van der Waals surface area contributed by atoms with Gasteiger partial charge >= 0.3 is 0 Å². The summed E-state index contributed by atoms with van der Waals surface area (Å²) in [4.78, 5) is 20.3. The van der Waals surface area contributed by atoms with Crippen LogP contribution in [0.2, 0.25) is 0 Å². The van der Waals surface area contributed by atoms with E-state index in [1.165, 1.54) is 17.3 Å². The highest BCUT2D eigenvalue weighted by Crippen LogP contribution is 2.36. The molecule has 6 heteroatoms. The molecule has 1 amide bonds. The van der Waals surface area contributed by atoms with Crippen LogP contribution >= 0.6 is 11.8 Å². The van der Waals surface area contributed by atoms with Gasteiger partial charge in [-0.15, -0.1) is 0 Å². The molecule has 0 fully saturated rings. The first kappa shape index (κ1) is 15.1. The molecule has 0 aliphatic carbocycles. The number of aromatic nitrogens is 1. The van der Waals surface area contributed by atoms with Gasteiger partial charge in [-0.2, -0.15) is 5.10 Å². The minimum atomic E-state index is -0.0981. The molecular weight excluding hydrogens is 320 g/mol. The number of aliphatic imine (C=N–C) groups is 1. The Kier molecular flexibility index (Phi) is 3.90. The molecule has 1 aromatic heterocycles. The molecule has 0 saturated carbocycles. The number of amides is 1. The molecule has 0 saturated heterocycles. The van der Waals surface area contributed by atoms with E-state index in [2.05, 4.69) is 51.7 Å². The smallest absolute Gasteiger partial charge is 0.256 e. The molecule has 2 unspecified atom stereocenters. The van der Waals surface area contributed by atoms with E-state index in [0.29, 0.717) is 5.75 Å². The third-order valence-corrected chi connectivity index (χ3v) is 5.19. The summed E-state index contributed by atoms with van der Waals surface area (Å²) in [6.07, 6.45) is 1.75. The van der Waals surface area contributed by atoms with Gasteiger partial charge in [-0.1, -0.05) is 47.7 Å². The van der Waals surface area contributed by atoms with Crippen LogP contribution in [0.4, 0.5) is 0 Å². The lowest BCUT2D eigenvalue weighted by Crippen LogP contribution is -2.28. The Morgan fingerprint density at radius 3 is 2.67 bits per heavy atom. The van der Waals surface area contributed by atoms with E-state index in [-0.39, 0.29) is 17.9 Å². The van der Waals surface area contributed by atoms with E-state index < -0.39 is 0 Å². The monoisotopic (exact) mass is 336 g/mol. The zero-order valence-electron chi connectivity index (χ0n) is 13.1. The first-order valence-corrected chi connectivity index (χ1v) is 8.76. The Hall–Kier alpha value is -2.47. The van der Waals surface area contributed by atoms with Crippen LogP contribution in [0.15, 0.2) is 58.8 Å². The van der Waals surface area contributed by atoms with Crippen molar-refractivity contribution in [1.82, 2.24) is 10.4 Å². The maximum Gasteiger partial charge on any atom is 0.256 e. The average molecular weight is 336 g/mol. The highest BCUT2D eigenvalue weighted by Gasteiger charge is 2.40. The van der Waals surface area contributed by atoms with Gasteiger partial charge in [-0.25, -0.2) is 4.99 Å². The van der Waals surface area contributed by atoms with Crippen LogP contribution in [0.25, 0.3) is 0 Å². The Labute approximate surface area is 144 Å². The summed E-state index contributed by atoms with van der Waals surface area (Å²) >= 11 is 1.50. The van der Waals surface area contributed by atoms with Gasteiger partial charge in [0.1, 0.15) is 0 Å². The summed E-state index contributed by atoms with van der Waals surface area (Å²) in [6, 6.07) is 14.1. The molecule has 0 bridgehead atoms. The standard InChI is InChI=1S/C18H16N4OS/c1-11-5-7-12(8-6-11)16-15(18-20-14(23)10-24-18)17(22-21-16)13-4-2-3-9-19-13/h2-9,15-16,21H,10H2,1H3. The zero-order chi connectivity index (χ0) is 16.5. The molecule has 3 heterocycles. The van der Waals surface area contributed by atoms with Crippen molar-refractivity contribution in [1.29, 1.82) is 0 Å². The van der Waals surface area contributed by atoms with Crippen LogP contribution in [0.3, 0.4) is 0 Å². The Bertz CT molecular complexity index is 830. The molecule has 2 atom stereocenters. The number of hydrazone groups is 1. The van der Waals surface area contributed by atoms with E-state index in [1.807, 2.05) is 18.2 Å². The Balaban J connectivity index is 1.75. The molecule has 1 N–H and O–H groups in total. The fraction of sp³-hybridized carbons (Fsp3) is 0.222. The van der Waals surface area contributed by atoms with Crippen LogP contribution in [-0.2, 0) is 4.79 Å². The number of thioether (sulfide) groups is 1. The predicted octanol–water partition coefficient (Wildman–Crippen LogP) is 2.73. The summed E-state index contributed by atoms with van der Waals surface area (Å²) in [5, 5.41) is 5.36. The largest absolute Gasteiger partial charge is 0.301 e. The van der Waals surface area contributed by atoms with Crippen molar-refractivity contribution < 1.29 is 4.79 Å². The lowest BCUT2D eigenvalue weighted by molar-refractivity contribution is -0.115. The number of nitrogens with zero attached hydrogens (tertiary/aromatic N) is 3. The maximum absolute atomic E-state index is 11.7. The summed E-state index contributed by atoms with van der Waals surface area (Å²) in [7, 11) is 0. The van der Waals surface area contributed by atoms with Crippen molar-refractivity contribution in [2.45, 2.75) is 13.0 Å². The Morgan fingerprint density at radius 2 is 2.00 bits per heavy atom. The quantitative estimate of drug-likeness (QED) is 0.936. The second-order valence-corrected chi connectivity index (χ2v) is 6.84. The number of rotatable bonds is 3. The first-order chi connectivity index (χ1) is 11.7. The number of benzene rings is 1. The number of nitrogens with one attached hydrogen (secondary N) is 1. The topological polar surface area (TPSA) is 66.7 Å². The van der Waals surface area contributed by atoms with Crippen molar-refractivity contribution >= 4 is 28.4 Å². The third kappa shape index (κ3) is 2.73. The number of carbonyl (C=O) groups excluding carboxylic acids is 1. The molecule has 2 aliphatic rings. The van der Waals surface area contributed by atoms with Gasteiger partial charge in [0.2, 0.25) is 0 Å². The van der Waals surface area contributed by atoms with Crippen molar-refractivity contribution in [3.63, 3.8) is 0 Å². The van der Waals surface area contributed by atoms with E-state index in [0.717, 1.165) is 22.0 Å². The molecule has 0 spiro atoms. The van der Waals surface area contributed by atoms with Gasteiger partial charge in [0.25, 0.3) is 5.91 Å². The van der Waals surface area contributed by atoms with Gasteiger partial charge < -0.3 is 5.43 Å². The number of hydrogen-bond donors (Lipinski definition) is 1. The van der Waals surface area contributed by atoms with Crippen molar-refractivity contribution in [3.05, 3.63) is 65.5 Å². The summed E-state index contributed by atoms with van der Waals surface area (Å²) < 4.78 is 0. The van der Waals surface area contributed by atoms with Crippen molar-refractivity contribution in [2.24, 2.45) is 16.0 Å². The van der Waals surface area contributed by atoms with Gasteiger partial charge in [0.15, 0.2) is 0 Å². The number of pyridine rings is 1. The van der Waals surface area contributed by atoms with Crippen molar-refractivity contribution in [3.8, 4) is 0 Å². The molecule has 5 nitrogen and oxygen atoms in total. The van der Waals surface area contributed by atoms with Gasteiger partial charge in [-0.05, 0) is 24.6 Å². The van der Waals surface area contributed by atoms with Crippen LogP contribution in [0, 0.1) is 12.8 Å². The van der Waals surface area contributed by atoms with Crippen LogP contribution in [0.1, 0.15) is 22.9 Å². The van der Waals surface area contributed by atoms with Crippen molar-refractivity contribution in [2.75, 3.05) is 5.75 Å². The number of aryl methyl sites for hydroxylation is 1. The van der Waals surface area contributed by atoms with E-state index in [1.54, 1.807) is 6.20 Å². The summed E-state index contributed by atoms with van der Waals surface area (Å²) in [5.74, 6) is 0.228. The maximum atomic E-state index is 11.7. The zero-order valence-corrected chi connectivity index (χ0v) is 14.0. The fourth-order valence-corrected chi connectivity index (χ4v) is 3.88. The van der Waals surface area contributed by atoms with E-state index in [4.69, 9.17) is 0 Å². The Morgan fingerprint density at radius 1 is 1.17 bits per heavy atom. The highest BCUT2D eigenvalue weighted by atomic mass is 32.2. The van der Waals surface area contributed by atoms with Crippen LogP contribution in [0.5, 0.6) is 0 Å². The number of hydrogen-bond acceptors (Lipinski definition) is 5. The van der Waals surface area contributed by atoms with Gasteiger partial charge in [0.05, 0.1) is 34.2 Å². The average Bonchev–Trinajstić information content (AvgIpc) is 3.22. The second-order valence-electron chi connectivity index (χ2n) is 5.84. The fourth-order valence-electron chi connectivity index (χ4n) is 2.95. The van der Waals surface area contributed by atoms with Crippen LogP contribution in [-0.4, -0.2) is 27.4 Å². The summed E-state index contributed by atoms with van der Waals surface area (Å²) in [5.41, 5.74) is 7.21. The minimum Gasteiger partial charge on any atom is -0.301 e. The SMILES string of the molecule is Cc1ccc(C2NN=C(c3ccccn3)C2C2=NC(=O)CS2)cc1. The molecule has 0 radical (unpaired) electrons. The van der Waals surface area contributed by atoms with Gasteiger partial charge in [-0.3, -0.25) is 9.78 Å². The predicted molar refractivity (Wildman–Crippen MR) is 96.2 cm³/mol. The lowest BCUT2D eigenvalue weighted by Gasteiger charge is -2.20. The molecule has 2 aliphatic heterocycles. The van der Waals surface area contributed by atoms with Gasteiger partial charge in [0, 0.05) is 6.20 Å². The first-order valence-electron chi connectivity index (χ1n) is 7.77. The van der Waals surface area contributed by atoms with E-state index >= 15 is 0 Å². The molecular formula is C18H16N4OS. The van der Waals surface area contributed by atoms with Crippen LogP contribution < -0.4 is 5.43 Å². The molecule has 24 heavy (non-hydrogen) atoms. The summed E-state index contributed by atoms with van der Waals surface area (Å²) in [6.45, 7) is 2.06. The molecule has 1 aromatic carbocycles. The molecule has 4 rings (SSSR count). The third-order valence-electron chi connectivity index (χ3n) is 4.16. The number of carbonyl (C=O) groups is 1. The lowest BCUT2D eigenvalue weighted by atomic mass is 9.89. The second kappa shape index (κ2) is 6.20.